The maximum atomic E-state index is 9.65. The molecule has 0 saturated carbocycles. The zero-order valence-electron chi connectivity index (χ0n) is 12.6. The Bertz CT molecular complexity index is 436. The molecule has 4 heteroatoms. The Morgan fingerprint density at radius 3 is 2.65 bits per heavy atom. The van der Waals surface area contributed by atoms with Gasteiger partial charge in [-0.1, -0.05) is 6.07 Å². The van der Waals surface area contributed by atoms with E-state index in [1.165, 1.54) is 5.56 Å². The first-order chi connectivity index (χ1) is 9.63. The largest absolute Gasteiger partial charge is 0.493 e. The van der Waals surface area contributed by atoms with Crippen LogP contribution in [0.3, 0.4) is 0 Å². The van der Waals surface area contributed by atoms with Crippen LogP contribution in [0.2, 0.25) is 0 Å². The standard InChI is InChI=1S/C16H25NO3/c1-12-10-14(18)7-9-17(12)8-6-13-4-5-15(19-2)16(11-13)20-3/h4-5,11-12,14,18H,6-10H2,1-3H3. The second kappa shape index (κ2) is 6.95. The highest BCUT2D eigenvalue weighted by molar-refractivity contribution is 5.42. The lowest BCUT2D eigenvalue weighted by Crippen LogP contribution is -2.43. The van der Waals surface area contributed by atoms with Crippen LogP contribution in [0, 0.1) is 0 Å². The van der Waals surface area contributed by atoms with E-state index in [0.29, 0.717) is 6.04 Å². The van der Waals surface area contributed by atoms with Crippen molar-refractivity contribution in [1.29, 1.82) is 0 Å². The summed E-state index contributed by atoms with van der Waals surface area (Å²) in [5.74, 6) is 1.55. The van der Waals surface area contributed by atoms with Gasteiger partial charge in [0.25, 0.3) is 0 Å². The van der Waals surface area contributed by atoms with Gasteiger partial charge in [0.05, 0.1) is 20.3 Å². The van der Waals surface area contributed by atoms with E-state index in [9.17, 15) is 5.11 Å². The van der Waals surface area contributed by atoms with E-state index in [1.54, 1.807) is 14.2 Å². The summed E-state index contributed by atoms with van der Waals surface area (Å²) >= 11 is 0. The molecule has 2 rings (SSSR count). The number of piperidine rings is 1. The van der Waals surface area contributed by atoms with E-state index in [0.717, 1.165) is 43.9 Å². The lowest BCUT2D eigenvalue weighted by atomic mass is 10.00. The van der Waals surface area contributed by atoms with E-state index in [-0.39, 0.29) is 6.10 Å². The third-order valence-corrected chi connectivity index (χ3v) is 4.12. The molecule has 1 aliphatic rings. The summed E-state index contributed by atoms with van der Waals surface area (Å²) in [6, 6.07) is 6.55. The lowest BCUT2D eigenvalue weighted by Gasteiger charge is -2.35. The highest BCUT2D eigenvalue weighted by atomic mass is 16.5. The third kappa shape index (κ3) is 3.64. The van der Waals surface area contributed by atoms with Crippen LogP contribution in [-0.4, -0.2) is 49.5 Å². The normalized spacial score (nSPS) is 23.6. The van der Waals surface area contributed by atoms with E-state index in [1.807, 2.05) is 12.1 Å². The summed E-state index contributed by atoms with van der Waals surface area (Å²) in [5, 5.41) is 9.65. The van der Waals surface area contributed by atoms with Crippen molar-refractivity contribution in [2.45, 2.75) is 38.3 Å². The van der Waals surface area contributed by atoms with Gasteiger partial charge in [0.15, 0.2) is 11.5 Å². The van der Waals surface area contributed by atoms with Crippen molar-refractivity contribution >= 4 is 0 Å². The Labute approximate surface area is 121 Å². The molecule has 1 aromatic carbocycles. The maximum Gasteiger partial charge on any atom is 0.160 e. The molecule has 1 aromatic rings. The van der Waals surface area contributed by atoms with Crippen molar-refractivity contribution in [3.8, 4) is 11.5 Å². The fraction of sp³-hybridized carbons (Fsp3) is 0.625. The molecule has 0 spiro atoms. The molecule has 1 aliphatic heterocycles. The molecule has 112 valence electrons. The fourth-order valence-electron chi connectivity index (χ4n) is 2.84. The maximum absolute atomic E-state index is 9.65. The third-order valence-electron chi connectivity index (χ3n) is 4.12. The number of rotatable bonds is 5. The van der Waals surface area contributed by atoms with Crippen LogP contribution in [0.5, 0.6) is 11.5 Å². The van der Waals surface area contributed by atoms with Gasteiger partial charge in [0.1, 0.15) is 0 Å². The van der Waals surface area contributed by atoms with Crippen LogP contribution in [0.4, 0.5) is 0 Å². The molecule has 1 fully saturated rings. The molecular weight excluding hydrogens is 254 g/mol. The van der Waals surface area contributed by atoms with Gasteiger partial charge in [0.2, 0.25) is 0 Å². The zero-order chi connectivity index (χ0) is 14.5. The number of hydrogen-bond donors (Lipinski definition) is 1. The fourth-order valence-corrected chi connectivity index (χ4v) is 2.84. The molecular formula is C16H25NO3. The first-order valence-corrected chi connectivity index (χ1v) is 7.27. The van der Waals surface area contributed by atoms with Crippen molar-refractivity contribution < 1.29 is 14.6 Å². The second-order valence-corrected chi connectivity index (χ2v) is 5.50. The number of nitrogens with zero attached hydrogens (tertiary/aromatic N) is 1. The first kappa shape index (κ1) is 15.1. The molecule has 20 heavy (non-hydrogen) atoms. The minimum Gasteiger partial charge on any atom is -0.493 e. The van der Waals surface area contributed by atoms with Crippen molar-refractivity contribution in [3.63, 3.8) is 0 Å². The second-order valence-electron chi connectivity index (χ2n) is 5.50. The van der Waals surface area contributed by atoms with Gasteiger partial charge >= 0.3 is 0 Å². The smallest absolute Gasteiger partial charge is 0.160 e. The van der Waals surface area contributed by atoms with Crippen molar-refractivity contribution in [1.82, 2.24) is 4.90 Å². The highest BCUT2D eigenvalue weighted by Gasteiger charge is 2.23. The summed E-state index contributed by atoms with van der Waals surface area (Å²) in [6.07, 6.45) is 2.63. The van der Waals surface area contributed by atoms with Crippen LogP contribution < -0.4 is 9.47 Å². The number of aliphatic hydroxyl groups is 1. The van der Waals surface area contributed by atoms with Crippen LogP contribution in [0.1, 0.15) is 25.3 Å². The number of likely N-dealkylation sites (tertiary alicyclic amines) is 1. The Hall–Kier alpha value is -1.26. The molecule has 0 aliphatic carbocycles. The molecule has 4 nitrogen and oxygen atoms in total. The Balaban J connectivity index is 1.93. The minimum absolute atomic E-state index is 0.123. The van der Waals surface area contributed by atoms with Gasteiger partial charge in [0, 0.05) is 19.1 Å². The Morgan fingerprint density at radius 2 is 2.00 bits per heavy atom. The summed E-state index contributed by atoms with van der Waals surface area (Å²) in [5.41, 5.74) is 1.25. The molecule has 0 aromatic heterocycles. The minimum atomic E-state index is -0.123. The molecule has 0 bridgehead atoms. The summed E-state index contributed by atoms with van der Waals surface area (Å²) in [7, 11) is 3.31. The zero-order valence-corrected chi connectivity index (χ0v) is 12.6. The van der Waals surface area contributed by atoms with E-state index < -0.39 is 0 Å². The molecule has 0 radical (unpaired) electrons. The summed E-state index contributed by atoms with van der Waals surface area (Å²) in [6.45, 7) is 4.19. The lowest BCUT2D eigenvalue weighted by molar-refractivity contribution is 0.0490. The highest BCUT2D eigenvalue weighted by Crippen LogP contribution is 2.28. The van der Waals surface area contributed by atoms with Crippen molar-refractivity contribution in [2.75, 3.05) is 27.3 Å². The molecule has 1 N–H and O–H groups in total. The van der Waals surface area contributed by atoms with E-state index in [4.69, 9.17) is 9.47 Å². The number of aliphatic hydroxyl groups excluding tert-OH is 1. The van der Waals surface area contributed by atoms with Gasteiger partial charge in [-0.3, -0.25) is 0 Å². The molecule has 2 unspecified atom stereocenters. The SMILES string of the molecule is COc1ccc(CCN2CCC(O)CC2C)cc1OC. The summed E-state index contributed by atoms with van der Waals surface area (Å²) < 4.78 is 10.6. The number of ether oxygens (including phenoxy) is 2. The first-order valence-electron chi connectivity index (χ1n) is 7.27. The quantitative estimate of drug-likeness (QED) is 0.896. The summed E-state index contributed by atoms with van der Waals surface area (Å²) in [4.78, 5) is 2.45. The van der Waals surface area contributed by atoms with Crippen LogP contribution in [0.25, 0.3) is 0 Å². The van der Waals surface area contributed by atoms with Crippen molar-refractivity contribution in [2.24, 2.45) is 0 Å². The van der Waals surface area contributed by atoms with E-state index in [2.05, 4.69) is 17.9 Å². The molecule has 1 heterocycles. The van der Waals surface area contributed by atoms with Gasteiger partial charge in [-0.2, -0.15) is 0 Å². The number of benzene rings is 1. The monoisotopic (exact) mass is 279 g/mol. The Kier molecular flexibility index (Phi) is 5.26. The van der Waals surface area contributed by atoms with Gasteiger partial charge in [-0.25, -0.2) is 0 Å². The van der Waals surface area contributed by atoms with Gasteiger partial charge < -0.3 is 19.5 Å². The van der Waals surface area contributed by atoms with Gasteiger partial charge in [-0.15, -0.1) is 0 Å². The predicted octanol–water partition coefficient (Wildman–Crippen LogP) is 2.09. The van der Waals surface area contributed by atoms with E-state index >= 15 is 0 Å². The Morgan fingerprint density at radius 1 is 1.25 bits per heavy atom. The van der Waals surface area contributed by atoms with Crippen molar-refractivity contribution in [3.05, 3.63) is 23.8 Å². The average Bonchev–Trinajstić information content (AvgIpc) is 2.46. The van der Waals surface area contributed by atoms with Gasteiger partial charge in [-0.05, 0) is 43.9 Å². The predicted molar refractivity (Wildman–Crippen MR) is 79.5 cm³/mol. The van der Waals surface area contributed by atoms with Crippen LogP contribution >= 0.6 is 0 Å². The molecule has 0 amide bonds. The number of methoxy groups -OCH3 is 2. The molecule has 1 saturated heterocycles. The molecule has 2 atom stereocenters. The average molecular weight is 279 g/mol. The van der Waals surface area contributed by atoms with Crippen LogP contribution in [0.15, 0.2) is 18.2 Å². The number of hydrogen-bond acceptors (Lipinski definition) is 4. The topological polar surface area (TPSA) is 41.9 Å². The van der Waals surface area contributed by atoms with Crippen LogP contribution in [-0.2, 0) is 6.42 Å².